The van der Waals surface area contributed by atoms with Gasteiger partial charge >= 0.3 is 0 Å². The Kier molecular flexibility index (Phi) is 2.86. The van der Waals surface area contributed by atoms with Crippen molar-refractivity contribution in [3.8, 4) is 0 Å². The van der Waals surface area contributed by atoms with Crippen molar-refractivity contribution in [2.24, 2.45) is 5.92 Å². The van der Waals surface area contributed by atoms with Crippen molar-refractivity contribution in [2.45, 2.75) is 37.8 Å². The zero-order valence-electron chi connectivity index (χ0n) is 9.74. The molecule has 0 aromatic carbocycles. The number of amides is 1. The third-order valence-corrected chi connectivity index (χ3v) is 4.40. The van der Waals surface area contributed by atoms with Crippen LogP contribution in [0.3, 0.4) is 0 Å². The van der Waals surface area contributed by atoms with E-state index in [0.29, 0.717) is 12.0 Å². The number of rotatable bonds is 1. The molecule has 1 amide bonds. The molecular weight excluding hydrogens is 202 g/mol. The average Bonchev–Trinajstić information content (AvgIpc) is 2.82. The van der Waals surface area contributed by atoms with Crippen molar-refractivity contribution in [3.63, 3.8) is 0 Å². The maximum atomic E-state index is 11.3. The maximum absolute atomic E-state index is 11.3. The summed E-state index contributed by atoms with van der Waals surface area (Å²) >= 11 is 0. The quantitative estimate of drug-likeness (QED) is 0.655. The molecule has 0 saturated carbocycles. The fourth-order valence-electron chi connectivity index (χ4n) is 3.42. The third-order valence-electron chi connectivity index (χ3n) is 4.40. The Hall–Kier alpha value is -0.610. The predicted octanol–water partition coefficient (Wildman–Crippen LogP) is -0.0512. The summed E-state index contributed by atoms with van der Waals surface area (Å²) in [6.07, 6.45) is 4.27. The molecule has 0 radical (unpaired) electrons. The topological polar surface area (TPSA) is 44.4 Å². The first-order chi connectivity index (χ1) is 7.83. The Bertz CT molecular complexity index is 275. The zero-order valence-corrected chi connectivity index (χ0v) is 9.74. The van der Waals surface area contributed by atoms with E-state index >= 15 is 0 Å². The van der Waals surface area contributed by atoms with E-state index in [-0.39, 0.29) is 5.91 Å². The number of hydrogen-bond acceptors (Lipinski definition) is 3. The van der Waals surface area contributed by atoms with Crippen molar-refractivity contribution in [1.82, 2.24) is 15.5 Å². The molecule has 3 fully saturated rings. The summed E-state index contributed by atoms with van der Waals surface area (Å²) in [5, 5.41) is 6.59. The van der Waals surface area contributed by atoms with Crippen LogP contribution in [-0.4, -0.2) is 49.1 Å². The van der Waals surface area contributed by atoms with Crippen LogP contribution in [0.5, 0.6) is 0 Å². The first-order valence-corrected chi connectivity index (χ1v) is 6.57. The minimum absolute atomic E-state index is 0.261. The van der Waals surface area contributed by atoms with Gasteiger partial charge in [0.2, 0.25) is 5.91 Å². The van der Waals surface area contributed by atoms with Crippen LogP contribution in [-0.2, 0) is 4.79 Å². The molecule has 4 nitrogen and oxygen atoms in total. The molecule has 3 aliphatic heterocycles. The molecule has 3 atom stereocenters. The van der Waals surface area contributed by atoms with Crippen LogP contribution < -0.4 is 10.6 Å². The summed E-state index contributed by atoms with van der Waals surface area (Å²) in [5.74, 6) is 0.962. The SMILES string of the molecule is O=C1CCC2CN(C3CCNC3)CCC2N1. The smallest absolute Gasteiger partial charge is 0.220 e. The summed E-state index contributed by atoms with van der Waals surface area (Å²) < 4.78 is 0. The average molecular weight is 223 g/mol. The lowest BCUT2D eigenvalue weighted by Crippen LogP contribution is -2.56. The second kappa shape index (κ2) is 4.34. The summed E-state index contributed by atoms with van der Waals surface area (Å²) in [5.41, 5.74) is 0. The molecule has 0 aliphatic carbocycles. The van der Waals surface area contributed by atoms with Crippen molar-refractivity contribution in [1.29, 1.82) is 0 Å². The minimum Gasteiger partial charge on any atom is -0.353 e. The Morgan fingerprint density at radius 3 is 3.00 bits per heavy atom. The van der Waals surface area contributed by atoms with Gasteiger partial charge in [0, 0.05) is 38.1 Å². The van der Waals surface area contributed by atoms with Crippen LogP contribution in [0, 0.1) is 5.92 Å². The van der Waals surface area contributed by atoms with Crippen molar-refractivity contribution in [2.75, 3.05) is 26.2 Å². The molecule has 3 unspecified atom stereocenters. The highest BCUT2D eigenvalue weighted by molar-refractivity contribution is 5.77. The Labute approximate surface area is 96.8 Å². The monoisotopic (exact) mass is 223 g/mol. The predicted molar refractivity (Wildman–Crippen MR) is 62.1 cm³/mol. The number of piperidine rings is 2. The van der Waals surface area contributed by atoms with E-state index in [2.05, 4.69) is 15.5 Å². The molecule has 0 aromatic heterocycles. The lowest BCUT2D eigenvalue weighted by molar-refractivity contribution is -0.125. The number of carbonyl (C=O) groups is 1. The van der Waals surface area contributed by atoms with Gasteiger partial charge in [0.25, 0.3) is 0 Å². The number of nitrogens with one attached hydrogen (secondary N) is 2. The third kappa shape index (κ3) is 1.96. The molecular formula is C12H21N3O. The largest absolute Gasteiger partial charge is 0.353 e. The molecule has 90 valence electrons. The molecule has 0 aromatic rings. The van der Waals surface area contributed by atoms with E-state index < -0.39 is 0 Å². The van der Waals surface area contributed by atoms with Crippen molar-refractivity contribution >= 4 is 5.91 Å². The lowest BCUT2D eigenvalue weighted by Gasteiger charge is -2.43. The lowest BCUT2D eigenvalue weighted by atomic mass is 9.84. The summed E-state index contributed by atoms with van der Waals surface area (Å²) in [6, 6.07) is 1.21. The molecule has 0 bridgehead atoms. The molecule has 16 heavy (non-hydrogen) atoms. The van der Waals surface area contributed by atoms with Gasteiger partial charge in [0.15, 0.2) is 0 Å². The molecule has 3 rings (SSSR count). The highest BCUT2D eigenvalue weighted by Gasteiger charge is 2.36. The van der Waals surface area contributed by atoms with E-state index in [1.807, 2.05) is 0 Å². The zero-order chi connectivity index (χ0) is 11.0. The second-order valence-electron chi connectivity index (χ2n) is 5.40. The number of likely N-dealkylation sites (tertiary alicyclic amines) is 1. The van der Waals surface area contributed by atoms with Crippen LogP contribution in [0.1, 0.15) is 25.7 Å². The highest BCUT2D eigenvalue weighted by atomic mass is 16.1. The van der Waals surface area contributed by atoms with E-state index in [4.69, 9.17) is 0 Å². The van der Waals surface area contributed by atoms with Crippen LogP contribution in [0.4, 0.5) is 0 Å². The highest BCUT2D eigenvalue weighted by Crippen LogP contribution is 2.27. The fraction of sp³-hybridized carbons (Fsp3) is 0.917. The summed E-state index contributed by atoms with van der Waals surface area (Å²) in [7, 11) is 0. The number of carbonyl (C=O) groups excluding carboxylic acids is 1. The number of fused-ring (bicyclic) bond motifs is 1. The van der Waals surface area contributed by atoms with Gasteiger partial charge in [-0.3, -0.25) is 9.69 Å². The first-order valence-electron chi connectivity index (χ1n) is 6.57. The van der Waals surface area contributed by atoms with Gasteiger partial charge in [0.1, 0.15) is 0 Å². The Morgan fingerprint density at radius 1 is 1.25 bits per heavy atom. The molecule has 3 aliphatic rings. The van der Waals surface area contributed by atoms with Crippen LogP contribution in [0.25, 0.3) is 0 Å². The second-order valence-corrected chi connectivity index (χ2v) is 5.40. The fourth-order valence-corrected chi connectivity index (χ4v) is 3.42. The van der Waals surface area contributed by atoms with Crippen LogP contribution in [0.15, 0.2) is 0 Å². The van der Waals surface area contributed by atoms with Gasteiger partial charge in [-0.1, -0.05) is 0 Å². The van der Waals surface area contributed by atoms with Gasteiger partial charge in [0.05, 0.1) is 0 Å². The van der Waals surface area contributed by atoms with Crippen molar-refractivity contribution < 1.29 is 4.79 Å². The molecule has 0 spiro atoms. The minimum atomic E-state index is 0.261. The van der Waals surface area contributed by atoms with Gasteiger partial charge in [-0.15, -0.1) is 0 Å². The van der Waals surface area contributed by atoms with Gasteiger partial charge < -0.3 is 10.6 Å². The first kappa shape index (κ1) is 10.5. The van der Waals surface area contributed by atoms with E-state index in [0.717, 1.165) is 38.4 Å². The molecule has 3 heterocycles. The molecule has 2 N–H and O–H groups in total. The standard InChI is InChI=1S/C12H21N3O/c16-12-2-1-9-8-15(6-4-11(9)14-12)10-3-5-13-7-10/h9-11,13H,1-8H2,(H,14,16). The Balaban J connectivity index is 1.60. The summed E-state index contributed by atoms with van der Waals surface area (Å²) in [6.45, 7) is 4.68. The van der Waals surface area contributed by atoms with Crippen molar-refractivity contribution in [3.05, 3.63) is 0 Å². The van der Waals surface area contributed by atoms with E-state index in [1.54, 1.807) is 0 Å². The summed E-state index contributed by atoms with van der Waals surface area (Å²) in [4.78, 5) is 14.0. The van der Waals surface area contributed by atoms with Gasteiger partial charge in [-0.25, -0.2) is 0 Å². The van der Waals surface area contributed by atoms with Crippen LogP contribution >= 0.6 is 0 Å². The maximum Gasteiger partial charge on any atom is 0.220 e. The Morgan fingerprint density at radius 2 is 2.19 bits per heavy atom. The van der Waals surface area contributed by atoms with Gasteiger partial charge in [-0.05, 0) is 31.7 Å². The molecule has 4 heteroatoms. The van der Waals surface area contributed by atoms with E-state index in [1.165, 1.54) is 19.5 Å². The molecule has 3 saturated heterocycles. The normalized spacial score (nSPS) is 40.5. The number of hydrogen-bond donors (Lipinski definition) is 2. The van der Waals surface area contributed by atoms with Gasteiger partial charge in [-0.2, -0.15) is 0 Å². The van der Waals surface area contributed by atoms with E-state index in [9.17, 15) is 4.79 Å². The number of nitrogens with zero attached hydrogens (tertiary/aromatic N) is 1. The van der Waals surface area contributed by atoms with Crippen LogP contribution in [0.2, 0.25) is 0 Å².